The summed E-state index contributed by atoms with van der Waals surface area (Å²) in [7, 11) is 0. The van der Waals surface area contributed by atoms with Crippen LogP contribution in [0.5, 0.6) is 0 Å². The van der Waals surface area contributed by atoms with E-state index in [2.05, 4.69) is 24.1 Å². The summed E-state index contributed by atoms with van der Waals surface area (Å²) in [6, 6.07) is 7.80. The van der Waals surface area contributed by atoms with Crippen LogP contribution in [-0.2, 0) is 0 Å². The highest BCUT2D eigenvalue weighted by atomic mass is 32.2. The van der Waals surface area contributed by atoms with E-state index < -0.39 is 0 Å². The van der Waals surface area contributed by atoms with Crippen LogP contribution in [0.1, 0.15) is 43.5 Å². The van der Waals surface area contributed by atoms with Gasteiger partial charge in [-0.15, -0.1) is 11.8 Å². The molecule has 1 fully saturated rings. The average Bonchev–Trinajstić information content (AvgIpc) is 2.53. The second kappa shape index (κ2) is 9.33. The van der Waals surface area contributed by atoms with Crippen molar-refractivity contribution in [2.24, 2.45) is 11.8 Å². The topological polar surface area (TPSA) is 32.3 Å². The summed E-state index contributed by atoms with van der Waals surface area (Å²) >= 11 is 1.62. The number of hydrogen-bond donors (Lipinski definition) is 1. The highest BCUT2D eigenvalue weighted by Crippen LogP contribution is 2.21. The van der Waals surface area contributed by atoms with Crippen molar-refractivity contribution in [3.63, 3.8) is 0 Å². The SMILES string of the molecule is CSc1ccccc1C(=O)NCCCCN1CC(C)CC(C)C1. The van der Waals surface area contributed by atoms with Gasteiger partial charge in [0, 0.05) is 24.5 Å². The molecule has 0 bridgehead atoms. The highest BCUT2D eigenvalue weighted by molar-refractivity contribution is 7.98. The average molecular weight is 335 g/mol. The Bertz CT molecular complexity index is 496. The number of nitrogens with zero attached hydrogens (tertiary/aromatic N) is 1. The number of benzene rings is 1. The number of amides is 1. The number of carbonyl (C=O) groups excluding carboxylic acids is 1. The lowest BCUT2D eigenvalue weighted by Gasteiger charge is -2.34. The summed E-state index contributed by atoms with van der Waals surface area (Å²) in [5.41, 5.74) is 0.790. The lowest BCUT2D eigenvalue weighted by molar-refractivity contribution is 0.0948. The normalized spacial score (nSPS) is 22.0. The Labute approximate surface area is 145 Å². The zero-order chi connectivity index (χ0) is 16.7. The monoisotopic (exact) mass is 334 g/mol. The van der Waals surface area contributed by atoms with E-state index in [0.717, 1.165) is 48.2 Å². The third kappa shape index (κ3) is 5.85. The molecule has 0 aliphatic carbocycles. The summed E-state index contributed by atoms with van der Waals surface area (Å²) in [5, 5.41) is 3.06. The fourth-order valence-electron chi connectivity index (χ4n) is 3.56. The predicted molar refractivity (Wildman–Crippen MR) is 99.2 cm³/mol. The molecule has 0 saturated carbocycles. The predicted octanol–water partition coefficient (Wildman–Crippen LogP) is 3.90. The van der Waals surface area contributed by atoms with Gasteiger partial charge in [0.05, 0.1) is 5.56 Å². The van der Waals surface area contributed by atoms with Crippen LogP contribution in [0.25, 0.3) is 0 Å². The van der Waals surface area contributed by atoms with Crippen molar-refractivity contribution in [1.82, 2.24) is 10.2 Å². The van der Waals surface area contributed by atoms with E-state index in [1.54, 1.807) is 11.8 Å². The number of carbonyl (C=O) groups is 1. The van der Waals surface area contributed by atoms with Gasteiger partial charge in [0.2, 0.25) is 0 Å². The minimum atomic E-state index is 0.0511. The molecule has 2 rings (SSSR count). The zero-order valence-electron chi connectivity index (χ0n) is 14.7. The third-order valence-corrected chi connectivity index (χ3v) is 5.28. The van der Waals surface area contributed by atoms with Crippen molar-refractivity contribution in [2.45, 2.75) is 38.0 Å². The van der Waals surface area contributed by atoms with Gasteiger partial charge in [-0.3, -0.25) is 4.79 Å². The molecule has 1 amide bonds. The molecule has 2 unspecified atom stereocenters. The zero-order valence-corrected chi connectivity index (χ0v) is 15.5. The first kappa shape index (κ1) is 18.3. The van der Waals surface area contributed by atoms with Gasteiger partial charge < -0.3 is 10.2 Å². The van der Waals surface area contributed by atoms with Gasteiger partial charge in [0.15, 0.2) is 0 Å². The van der Waals surface area contributed by atoms with Gasteiger partial charge in [0.25, 0.3) is 5.91 Å². The van der Waals surface area contributed by atoms with Crippen LogP contribution in [0.15, 0.2) is 29.2 Å². The van der Waals surface area contributed by atoms with Gasteiger partial charge >= 0.3 is 0 Å². The molecular weight excluding hydrogens is 304 g/mol. The maximum Gasteiger partial charge on any atom is 0.252 e. The van der Waals surface area contributed by atoms with Crippen LogP contribution in [0.3, 0.4) is 0 Å². The van der Waals surface area contributed by atoms with Crippen LogP contribution >= 0.6 is 11.8 Å². The van der Waals surface area contributed by atoms with Crippen molar-refractivity contribution < 1.29 is 4.79 Å². The number of likely N-dealkylation sites (tertiary alicyclic amines) is 1. The number of piperidine rings is 1. The van der Waals surface area contributed by atoms with Gasteiger partial charge in [-0.05, 0) is 56.0 Å². The summed E-state index contributed by atoms with van der Waals surface area (Å²) in [5.74, 6) is 1.69. The lowest BCUT2D eigenvalue weighted by atomic mass is 9.92. The smallest absolute Gasteiger partial charge is 0.252 e. The molecule has 128 valence electrons. The highest BCUT2D eigenvalue weighted by Gasteiger charge is 2.20. The van der Waals surface area contributed by atoms with E-state index >= 15 is 0 Å². The maximum atomic E-state index is 12.2. The van der Waals surface area contributed by atoms with Crippen molar-refractivity contribution in [2.75, 3.05) is 32.4 Å². The standard InChI is InChI=1S/C19H30N2OS/c1-15-12-16(2)14-21(13-15)11-7-6-10-20-19(22)17-8-4-5-9-18(17)23-3/h4-5,8-9,15-16H,6-7,10-14H2,1-3H3,(H,20,22). The molecule has 3 nitrogen and oxygen atoms in total. The molecule has 1 aliphatic rings. The molecule has 4 heteroatoms. The molecule has 1 heterocycles. The van der Waals surface area contributed by atoms with Crippen LogP contribution in [0.2, 0.25) is 0 Å². The van der Waals surface area contributed by atoms with Crippen molar-refractivity contribution in [1.29, 1.82) is 0 Å². The molecule has 1 aromatic rings. The molecule has 2 atom stereocenters. The van der Waals surface area contributed by atoms with E-state index in [-0.39, 0.29) is 5.91 Å². The number of rotatable bonds is 7. The fraction of sp³-hybridized carbons (Fsp3) is 0.632. The first-order valence-electron chi connectivity index (χ1n) is 8.73. The van der Waals surface area contributed by atoms with Crippen LogP contribution < -0.4 is 5.32 Å². The first-order valence-corrected chi connectivity index (χ1v) is 9.96. The van der Waals surface area contributed by atoms with E-state index in [0.29, 0.717) is 0 Å². The van der Waals surface area contributed by atoms with Gasteiger partial charge in [0.1, 0.15) is 0 Å². The summed E-state index contributed by atoms with van der Waals surface area (Å²) in [6.45, 7) is 9.10. The number of nitrogens with one attached hydrogen (secondary N) is 1. The number of thioether (sulfide) groups is 1. The summed E-state index contributed by atoms with van der Waals surface area (Å²) < 4.78 is 0. The van der Waals surface area contributed by atoms with Crippen molar-refractivity contribution in [3.05, 3.63) is 29.8 Å². The maximum absolute atomic E-state index is 12.2. The molecule has 1 N–H and O–H groups in total. The molecule has 0 spiro atoms. The molecule has 0 radical (unpaired) electrons. The Morgan fingerprint density at radius 3 is 2.61 bits per heavy atom. The Morgan fingerprint density at radius 1 is 1.22 bits per heavy atom. The largest absolute Gasteiger partial charge is 0.352 e. The molecule has 23 heavy (non-hydrogen) atoms. The summed E-state index contributed by atoms with van der Waals surface area (Å²) in [4.78, 5) is 15.9. The minimum absolute atomic E-state index is 0.0511. The Kier molecular flexibility index (Phi) is 7.44. The minimum Gasteiger partial charge on any atom is -0.352 e. The van der Waals surface area contributed by atoms with Gasteiger partial charge in [-0.2, -0.15) is 0 Å². The van der Waals surface area contributed by atoms with Gasteiger partial charge in [-0.25, -0.2) is 0 Å². The van der Waals surface area contributed by atoms with E-state index in [9.17, 15) is 4.79 Å². The lowest BCUT2D eigenvalue weighted by Crippen LogP contribution is -2.39. The Balaban J connectivity index is 1.66. The fourth-order valence-corrected chi connectivity index (χ4v) is 4.16. The van der Waals surface area contributed by atoms with Crippen molar-refractivity contribution >= 4 is 17.7 Å². The van der Waals surface area contributed by atoms with Crippen LogP contribution in [0.4, 0.5) is 0 Å². The van der Waals surface area contributed by atoms with E-state index in [1.165, 1.54) is 19.5 Å². The van der Waals surface area contributed by atoms with Crippen molar-refractivity contribution in [3.8, 4) is 0 Å². The summed E-state index contributed by atoms with van der Waals surface area (Å²) in [6.07, 6.45) is 5.57. The second-order valence-corrected chi connectivity index (χ2v) is 7.72. The second-order valence-electron chi connectivity index (χ2n) is 6.87. The van der Waals surface area contributed by atoms with E-state index in [4.69, 9.17) is 0 Å². The van der Waals surface area contributed by atoms with Crippen LogP contribution in [-0.4, -0.2) is 43.2 Å². The van der Waals surface area contributed by atoms with Gasteiger partial charge in [-0.1, -0.05) is 26.0 Å². The van der Waals surface area contributed by atoms with E-state index in [1.807, 2.05) is 30.5 Å². The molecule has 0 aromatic heterocycles. The molecular formula is C19H30N2OS. The quantitative estimate of drug-likeness (QED) is 0.606. The Morgan fingerprint density at radius 2 is 1.91 bits per heavy atom. The number of hydrogen-bond acceptors (Lipinski definition) is 3. The molecule has 1 aliphatic heterocycles. The Hall–Kier alpha value is -1.00. The number of unbranched alkanes of at least 4 members (excludes halogenated alkanes) is 1. The first-order chi connectivity index (χ1) is 11.1. The third-order valence-electron chi connectivity index (χ3n) is 4.48. The molecule has 1 saturated heterocycles. The van der Waals surface area contributed by atoms with Crippen LogP contribution in [0, 0.1) is 11.8 Å². The molecule has 1 aromatic carbocycles.